The summed E-state index contributed by atoms with van der Waals surface area (Å²) in [5, 5.41) is 5.64. The average molecular weight is 525 g/mol. The van der Waals surface area contributed by atoms with Gasteiger partial charge in [-0.25, -0.2) is 14.6 Å². The molecule has 2 amide bonds. The van der Waals surface area contributed by atoms with Gasteiger partial charge in [0.05, 0.1) is 6.61 Å². The van der Waals surface area contributed by atoms with Gasteiger partial charge in [0, 0.05) is 35.0 Å². The van der Waals surface area contributed by atoms with E-state index in [0.29, 0.717) is 25.0 Å². The number of hydrogen-bond donors (Lipinski definition) is 2. The van der Waals surface area contributed by atoms with Crippen molar-refractivity contribution in [2.24, 2.45) is 23.7 Å². The van der Waals surface area contributed by atoms with Crippen LogP contribution < -0.4 is 10.6 Å². The first-order valence-electron chi connectivity index (χ1n) is 11.9. The minimum atomic E-state index is -0.796. The Bertz CT molecular complexity index is 871. The van der Waals surface area contributed by atoms with Crippen LogP contribution in [-0.4, -0.2) is 43.2 Å². The van der Waals surface area contributed by atoms with E-state index >= 15 is 0 Å². The highest BCUT2D eigenvalue weighted by atomic mass is 79.9. The molecule has 2 N–H and O–H groups in total. The average Bonchev–Trinajstić information content (AvgIpc) is 3.02. The zero-order chi connectivity index (χ0) is 23.2. The number of carbonyl (C=O) groups is 1. The lowest BCUT2D eigenvalue weighted by Gasteiger charge is -2.60. The van der Waals surface area contributed by atoms with Crippen molar-refractivity contribution in [3.8, 4) is 0 Å². The Morgan fingerprint density at radius 3 is 2.73 bits per heavy atom. The maximum atomic E-state index is 12.2. The predicted molar refractivity (Wildman–Crippen MR) is 124 cm³/mol. The first-order chi connectivity index (χ1) is 15.8. The zero-order valence-corrected chi connectivity index (χ0v) is 20.9. The summed E-state index contributed by atoms with van der Waals surface area (Å²) in [6, 6.07) is 7.14. The maximum absolute atomic E-state index is 12.2. The number of anilines is 1. The molecule has 5 fully saturated rings. The lowest BCUT2D eigenvalue weighted by Crippen LogP contribution is -2.70. The normalized spacial score (nSPS) is 41.7. The lowest BCUT2D eigenvalue weighted by atomic mass is 9.58. The Hall–Kier alpha value is -1.23. The predicted octanol–water partition coefficient (Wildman–Crippen LogP) is 4.80. The number of fused-ring (bicyclic) bond motifs is 2. The Kier molecular flexibility index (Phi) is 6.48. The van der Waals surface area contributed by atoms with E-state index in [2.05, 4.69) is 40.4 Å². The number of nitrogens with one attached hydrogen (secondary N) is 2. The van der Waals surface area contributed by atoms with Gasteiger partial charge in [-0.05, 0) is 62.3 Å². The van der Waals surface area contributed by atoms with E-state index in [-0.39, 0.29) is 17.9 Å². The van der Waals surface area contributed by atoms with Crippen LogP contribution in [0.1, 0.15) is 46.5 Å². The molecule has 1 aromatic rings. The molecule has 2 bridgehead atoms. The van der Waals surface area contributed by atoms with Gasteiger partial charge in [-0.1, -0.05) is 29.8 Å². The Morgan fingerprint density at radius 1 is 1.15 bits per heavy atom. The SMILES string of the molecule is C[C@H]1[C@@H](OCCNC(=O)Nc2ccc(Br)cc2)O[C@@H]2O[C@@]3(C)CC[C@H]4[C@H](C)CC[C@@H]1[C@@]24OO3. The lowest BCUT2D eigenvalue weighted by molar-refractivity contribution is -0.577. The summed E-state index contributed by atoms with van der Waals surface area (Å²) < 4.78 is 19.8. The van der Waals surface area contributed by atoms with Gasteiger partial charge in [0.25, 0.3) is 0 Å². The molecule has 33 heavy (non-hydrogen) atoms. The second kappa shape index (κ2) is 9.09. The van der Waals surface area contributed by atoms with Gasteiger partial charge in [-0.3, -0.25) is 0 Å². The molecule has 0 aromatic heterocycles. The maximum Gasteiger partial charge on any atom is 0.319 e. The number of amides is 2. The third-order valence-electron chi connectivity index (χ3n) is 7.87. The number of urea groups is 1. The number of hydrogen-bond acceptors (Lipinski definition) is 6. The highest BCUT2D eigenvalue weighted by molar-refractivity contribution is 9.10. The molecule has 1 aliphatic carbocycles. The molecule has 8 atom stereocenters. The molecule has 0 unspecified atom stereocenters. The topological polar surface area (TPSA) is 87.3 Å². The summed E-state index contributed by atoms with van der Waals surface area (Å²) >= 11 is 3.38. The molecule has 4 saturated heterocycles. The summed E-state index contributed by atoms with van der Waals surface area (Å²) in [4.78, 5) is 24.2. The van der Waals surface area contributed by atoms with Crippen LogP contribution >= 0.6 is 15.9 Å². The summed E-state index contributed by atoms with van der Waals surface area (Å²) in [7, 11) is 0. The standard InChI is InChI=1S/C24H33BrN2O6/c1-14-4-9-19-15(2)20(29-13-12-26-22(28)27-17-7-5-16(25)6-8-17)30-21-24(19)18(14)10-11-23(3,31-21)32-33-24/h5-8,14-15,18-21H,4,9-13H2,1-3H3,(H2,26,27,28)/t14-,15-,18+,19+,20+,21-,23-,24-/m1/s1. The van der Waals surface area contributed by atoms with Crippen LogP contribution in [0.15, 0.2) is 28.7 Å². The van der Waals surface area contributed by atoms with Gasteiger partial charge in [0.2, 0.25) is 5.79 Å². The third kappa shape index (κ3) is 4.32. The molecule has 182 valence electrons. The smallest absolute Gasteiger partial charge is 0.319 e. The minimum absolute atomic E-state index is 0.113. The van der Waals surface area contributed by atoms with Crippen LogP contribution in [0.2, 0.25) is 0 Å². The fourth-order valence-corrected chi connectivity index (χ4v) is 6.38. The quantitative estimate of drug-likeness (QED) is 0.425. The molecule has 4 aliphatic heterocycles. The third-order valence-corrected chi connectivity index (χ3v) is 8.40. The van der Waals surface area contributed by atoms with E-state index in [0.717, 1.165) is 35.8 Å². The summed E-state index contributed by atoms with van der Waals surface area (Å²) in [5.41, 5.74) is 0.138. The molecule has 4 heterocycles. The summed E-state index contributed by atoms with van der Waals surface area (Å²) in [5.74, 6) is 0.396. The van der Waals surface area contributed by atoms with Crippen LogP contribution in [0.4, 0.5) is 10.5 Å². The Balaban J connectivity index is 1.19. The number of benzene rings is 1. The van der Waals surface area contributed by atoms with Gasteiger partial charge < -0.3 is 24.8 Å². The van der Waals surface area contributed by atoms with Crippen molar-refractivity contribution in [1.82, 2.24) is 5.32 Å². The van der Waals surface area contributed by atoms with Crippen LogP contribution in [-0.2, 0) is 24.0 Å². The van der Waals surface area contributed by atoms with E-state index in [4.69, 9.17) is 24.0 Å². The number of carbonyl (C=O) groups excluding carboxylic acids is 1. The largest absolute Gasteiger partial charge is 0.350 e. The molecule has 6 rings (SSSR count). The Morgan fingerprint density at radius 2 is 1.94 bits per heavy atom. The van der Waals surface area contributed by atoms with Crippen molar-refractivity contribution in [1.29, 1.82) is 0 Å². The molecule has 5 aliphatic rings. The summed E-state index contributed by atoms with van der Waals surface area (Å²) in [6.45, 7) is 7.08. The first kappa shape index (κ1) is 23.5. The van der Waals surface area contributed by atoms with E-state index in [1.807, 2.05) is 31.2 Å². The summed E-state index contributed by atoms with van der Waals surface area (Å²) in [6.07, 6.45) is 3.01. The molecule has 1 spiro atoms. The molecular weight excluding hydrogens is 492 g/mol. The van der Waals surface area contributed by atoms with Crippen molar-refractivity contribution >= 4 is 27.6 Å². The number of ether oxygens (including phenoxy) is 3. The number of rotatable bonds is 5. The Labute approximate surface area is 203 Å². The number of halogens is 1. The van der Waals surface area contributed by atoms with Crippen LogP contribution in [0.5, 0.6) is 0 Å². The highest BCUT2D eigenvalue weighted by Gasteiger charge is 2.69. The first-order valence-corrected chi connectivity index (χ1v) is 12.7. The van der Waals surface area contributed by atoms with Crippen molar-refractivity contribution < 1.29 is 28.8 Å². The van der Waals surface area contributed by atoms with Gasteiger partial charge in [-0.2, -0.15) is 0 Å². The zero-order valence-electron chi connectivity index (χ0n) is 19.3. The van der Waals surface area contributed by atoms with E-state index in [1.54, 1.807) is 0 Å². The molecule has 1 aromatic carbocycles. The molecule has 1 saturated carbocycles. The van der Waals surface area contributed by atoms with Crippen molar-refractivity contribution in [2.75, 3.05) is 18.5 Å². The fourth-order valence-electron chi connectivity index (χ4n) is 6.11. The van der Waals surface area contributed by atoms with Crippen molar-refractivity contribution in [2.45, 2.75) is 70.4 Å². The van der Waals surface area contributed by atoms with E-state index in [9.17, 15) is 4.79 Å². The van der Waals surface area contributed by atoms with Gasteiger partial charge in [0.15, 0.2) is 18.2 Å². The fraction of sp³-hybridized carbons (Fsp3) is 0.708. The van der Waals surface area contributed by atoms with E-state index in [1.165, 1.54) is 0 Å². The van der Waals surface area contributed by atoms with Crippen molar-refractivity contribution in [3.05, 3.63) is 28.7 Å². The highest BCUT2D eigenvalue weighted by Crippen LogP contribution is 2.60. The monoisotopic (exact) mass is 524 g/mol. The van der Waals surface area contributed by atoms with Crippen LogP contribution in [0, 0.1) is 23.7 Å². The van der Waals surface area contributed by atoms with Gasteiger partial charge in [-0.15, -0.1) is 0 Å². The van der Waals surface area contributed by atoms with E-state index < -0.39 is 24.0 Å². The minimum Gasteiger partial charge on any atom is -0.350 e. The van der Waals surface area contributed by atoms with Gasteiger partial charge >= 0.3 is 6.03 Å². The van der Waals surface area contributed by atoms with Crippen LogP contribution in [0.3, 0.4) is 0 Å². The molecule has 9 heteroatoms. The van der Waals surface area contributed by atoms with Gasteiger partial charge in [0.1, 0.15) is 0 Å². The molecule has 8 nitrogen and oxygen atoms in total. The second-order valence-electron chi connectivity index (χ2n) is 10.0. The van der Waals surface area contributed by atoms with Crippen molar-refractivity contribution in [3.63, 3.8) is 0 Å². The van der Waals surface area contributed by atoms with Crippen LogP contribution in [0.25, 0.3) is 0 Å². The molecular formula is C24H33BrN2O6. The molecule has 0 radical (unpaired) electrons. The second-order valence-corrected chi connectivity index (χ2v) is 10.9.